The molecule has 3 rings (SSSR count). The third-order valence-electron chi connectivity index (χ3n) is 3.67. The van der Waals surface area contributed by atoms with Crippen LogP contribution in [0, 0.1) is 0 Å². The first-order valence-corrected chi connectivity index (χ1v) is 7.52. The SMILES string of the molecule is COc1cncc(O[C@@H]2CCCN(C(=O)Cn3cccn3)C2)n1. The van der Waals surface area contributed by atoms with Crippen molar-refractivity contribution in [1.82, 2.24) is 24.6 Å². The summed E-state index contributed by atoms with van der Waals surface area (Å²) in [7, 11) is 1.53. The van der Waals surface area contributed by atoms with Gasteiger partial charge >= 0.3 is 0 Å². The summed E-state index contributed by atoms with van der Waals surface area (Å²) in [4.78, 5) is 22.3. The van der Waals surface area contributed by atoms with Crippen LogP contribution in [0.1, 0.15) is 12.8 Å². The van der Waals surface area contributed by atoms with Gasteiger partial charge in [0.05, 0.1) is 26.0 Å². The van der Waals surface area contributed by atoms with Crippen molar-refractivity contribution in [2.45, 2.75) is 25.5 Å². The fourth-order valence-electron chi connectivity index (χ4n) is 2.55. The molecule has 0 radical (unpaired) electrons. The van der Waals surface area contributed by atoms with Gasteiger partial charge in [0.15, 0.2) is 0 Å². The molecule has 1 amide bonds. The van der Waals surface area contributed by atoms with E-state index >= 15 is 0 Å². The Labute approximate surface area is 134 Å². The Morgan fingerprint density at radius 1 is 1.39 bits per heavy atom. The highest BCUT2D eigenvalue weighted by molar-refractivity contribution is 5.76. The molecule has 0 N–H and O–H groups in total. The highest BCUT2D eigenvalue weighted by atomic mass is 16.5. The quantitative estimate of drug-likeness (QED) is 0.809. The van der Waals surface area contributed by atoms with Gasteiger partial charge in [0.2, 0.25) is 17.7 Å². The third-order valence-corrected chi connectivity index (χ3v) is 3.67. The lowest BCUT2D eigenvalue weighted by atomic mass is 10.1. The van der Waals surface area contributed by atoms with Crippen LogP contribution >= 0.6 is 0 Å². The van der Waals surface area contributed by atoms with Crippen LogP contribution in [0.15, 0.2) is 30.9 Å². The predicted molar refractivity (Wildman–Crippen MR) is 81.0 cm³/mol. The molecule has 8 heteroatoms. The van der Waals surface area contributed by atoms with Crippen LogP contribution in [-0.2, 0) is 11.3 Å². The fourth-order valence-corrected chi connectivity index (χ4v) is 2.55. The summed E-state index contributed by atoms with van der Waals surface area (Å²) in [6.45, 7) is 1.53. The van der Waals surface area contributed by atoms with E-state index in [-0.39, 0.29) is 18.6 Å². The van der Waals surface area contributed by atoms with Gasteiger partial charge in [-0.15, -0.1) is 0 Å². The number of amides is 1. The van der Waals surface area contributed by atoms with E-state index in [0.29, 0.717) is 18.3 Å². The van der Waals surface area contributed by atoms with Gasteiger partial charge in [0.25, 0.3) is 0 Å². The molecule has 1 atom stereocenters. The summed E-state index contributed by atoms with van der Waals surface area (Å²) in [5.41, 5.74) is 0. The highest BCUT2D eigenvalue weighted by Crippen LogP contribution is 2.18. The standard InChI is InChI=1S/C15H19N5O3/c1-22-13-8-16-9-14(18-13)23-12-4-2-6-19(10-12)15(21)11-20-7-3-5-17-20/h3,5,7-9,12H,2,4,6,10-11H2,1H3/t12-/m1/s1. The van der Waals surface area contributed by atoms with Gasteiger partial charge in [-0.05, 0) is 18.9 Å². The number of likely N-dealkylation sites (tertiary alicyclic amines) is 1. The van der Waals surface area contributed by atoms with Crippen LogP contribution in [-0.4, -0.2) is 56.9 Å². The van der Waals surface area contributed by atoms with E-state index in [9.17, 15) is 4.79 Å². The van der Waals surface area contributed by atoms with E-state index in [1.807, 2.05) is 4.90 Å². The second kappa shape index (κ2) is 7.08. The maximum absolute atomic E-state index is 12.3. The Morgan fingerprint density at radius 3 is 3.04 bits per heavy atom. The van der Waals surface area contributed by atoms with Crippen LogP contribution in [0.2, 0.25) is 0 Å². The maximum atomic E-state index is 12.3. The molecule has 0 unspecified atom stereocenters. The molecule has 2 aromatic rings. The first kappa shape index (κ1) is 15.3. The van der Waals surface area contributed by atoms with Gasteiger partial charge in [-0.1, -0.05) is 0 Å². The second-order valence-corrected chi connectivity index (χ2v) is 5.33. The number of carbonyl (C=O) groups is 1. The lowest BCUT2D eigenvalue weighted by molar-refractivity contribution is -0.134. The lowest BCUT2D eigenvalue weighted by Crippen LogP contribution is -2.45. The molecule has 0 spiro atoms. The number of aromatic nitrogens is 4. The lowest BCUT2D eigenvalue weighted by Gasteiger charge is -2.32. The number of methoxy groups -OCH3 is 1. The molecule has 1 aliphatic rings. The Hall–Kier alpha value is -2.64. The molecule has 2 aromatic heterocycles. The zero-order valence-corrected chi connectivity index (χ0v) is 13.0. The van der Waals surface area contributed by atoms with E-state index in [4.69, 9.17) is 9.47 Å². The fraction of sp³-hybridized carbons (Fsp3) is 0.467. The molecular weight excluding hydrogens is 298 g/mol. The van der Waals surface area contributed by atoms with Crippen molar-refractivity contribution in [2.75, 3.05) is 20.2 Å². The second-order valence-electron chi connectivity index (χ2n) is 5.33. The van der Waals surface area contributed by atoms with E-state index in [0.717, 1.165) is 19.4 Å². The van der Waals surface area contributed by atoms with Crippen LogP contribution in [0.4, 0.5) is 0 Å². The molecule has 3 heterocycles. The normalized spacial score (nSPS) is 17.8. The van der Waals surface area contributed by atoms with Crippen molar-refractivity contribution >= 4 is 5.91 Å². The molecule has 0 bridgehead atoms. The van der Waals surface area contributed by atoms with Crippen LogP contribution in [0.25, 0.3) is 0 Å². The monoisotopic (exact) mass is 317 g/mol. The van der Waals surface area contributed by atoms with Crippen molar-refractivity contribution < 1.29 is 14.3 Å². The van der Waals surface area contributed by atoms with Gasteiger partial charge < -0.3 is 14.4 Å². The smallest absolute Gasteiger partial charge is 0.244 e. The van der Waals surface area contributed by atoms with Gasteiger partial charge in [-0.3, -0.25) is 14.5 Å². The number of piperidine rings is 1. The summed E-state index contributed by atoms with van der Waals surface area (Å²) < 4.78 is 12.5. The number of hydrogen-bond acceptors (Lipinski definition) is 6. The van der Waals surface area contributed by atoms with E-state index < -0.39 is 0 Å². The summed E-state index contributed by atoms with van der Waals surface area (Å²) in [5, 5.41) is 4.06. The Bertz CT molecular complexity index is 646. The largest absolute Gasteiger partial charge is 0.480 e. The van der Waals surface area contributed by atoms with Crippen molar-refractivity contribution in [2.24, 2.45) is 0 Å². The first-order chi connectivity index (χ1) is 11.2. The average Bonchev–Trinajstić information content (AvgIpc) is 3.08. The summed E-state index contributed by atoms with van der Waals surface area (Å²) in [6.07, 6.45) is 8.20. The number of nitrogens with zero attached hydrogens (tertiary/aromatic N) is 5. The molecule has 0 aliphatic carbocycles. The molecule has 122 valence electrons. The number of rotatable bonds is 5. The van der Waals surface area contributed by atoms with Crippen LogP contribution in [0.3, 0.4) is 0 Å². The topological polar surface area (TPSA) is 82.4 Å². The van der Waals surface area contributed by atoms with Crippen molar-refractivity contribution in [3.8, 4) is 11.8 Å². The Kier molecular flexibility index (Phi) is 4.70. The minimum Gasteiger partial charge on any atom is -0.480 e. The molecular formula is C15H19N5O3. The minimum absolute atomic E-state index is 0.0405. The van der Waals surface area contributed by atoms with Gasteiger partial charge in [0.1, 0.15) is 12.6 Å². The first-order valence-electron chi connectivity index (χ1n) is 7.52. The zero-order chi connectivity index (χ0) is 16.1. The third kappa shape index (κ3) is 3.97. The van der Waals surface area contributed by atoms with Gasteiger partial charge in [-0.25, -0.2) is 0 Å². The van der Waals surface area contributed by atoms with Gasteiger partial charge in [0, 0.05) is 18.9 Å². The van der Waals surface area contributed by atoms with E-state index in [1.54, 1.807) is 29.3 Å². The summed E-state index contributed by atoms with van der Waals surface area (Å²) in [5.74, 6) is 0.861. The highest BCUT2D eigenvalue weighted by Gasteiger charge is 2.25. The minimum atomic E-state index is -0.0910. The number of carbonyl (C=O) groups excluding carboxylic acids is 1. The number of hydrogen-bond donors (Lipinski definition) is 0. The van der Waals surface area contributed by atoms with Crippen molar-refractivity contribution in [3.63, 3.8) is 0 Å². The maximum Gasteiger partial charge on any atom is 0.244 e. The summed E-state index contributed by atoms with van der Waals surface area (Å²) in [6, 6.07) is 1.80. The van der Waals surface area contributed by atoms with E-state index in [2.05, 4.69) is 15.1 Å². The molecule has 0 aromatic carbocycles. The van der Waals surface area contributed by atoms with Gasteiger partial charge in [-0.2, -0.15) is 10.1 Å². The zero-order valence-electron chi connectivity index (χ0n) is 13.0. The van der Waals surface area contributed by atoms with E-state index in [1.165, 1.54) is 13.3 Å². The molecule has 1 saturated heterocycles. The van der Waals surface area contributed by atoms with Crippen molar-refractivity contribution in [3.05, 3.63) is 30.9 Å². The van der Waals surface area contributed by atoms with Crippen molar-refractivity contribution in [1.29, 1.82) is 0 Å². The summed E-state index contributed by atoms with van der Waals surface area (Å²) >= 11 is 0. The number of ether oxygens (including phenoxy) is 2. The predicted octanol–water partition coefficient (Wildman–Crippen LogP) is 0.752. The van der Waals surface area contributed by atoms with Crippen LogP contribution in [0.5, 0.6) is 11.8 Å². The Balaban J connectivity index is 1.58. The molecule has 8 nitrogen and oxygen atoms in total. The molecule has 0 saturated carbocycles. The molecule has 1 fully saturated rings. The molecule has 23 heavy (non-hydrogen) atoms. The molecule has 1 aliphatic heterocycles. The average molecular weight is 317 g/mol. The van der Waals surface area contributed by atoms with Crippen LogP contribution < -0.4 is 9.47 Å². The Morgan fingerprint density at radius 2 is 2.26 bits per heavy atom.